The van der Waals surface area contributed by atoms with Gasteiger partial charge in [-0.2, -0.15) is 13.2 Å². The number of aliphatic hydroxyl groups is 1. The van der Waals surface area contributed by atoms with Gasteiger partial charge in [-0.15, -0.1) is 0 Å². The summed E-state index contributed by atoms with van der Waals surface area (Å²) in [5, 5.41) is 37.6. The molecule has 2 aromatic carbocycles. The molecule has 2 heterocycles. The second-order valence-electron chi connectivity index (χ2n) is 12.3. The number of carbonyl (C=O) groups is 1. The molecule has 0 aromatic heterocycles. The summed E-state index contributed by atoms with van der Waals surface area (Å²) in [7, 11) is 1.60. The van der Waals surface area contributed by atoms with E-state index in [1.807, 2.05) is 6.07 Å². The van der Waals surface area contributed by atoms with Gasteiger partial charge in [0.1, 0.15) is 17.7 Å². The molecule has 2 aliphatic heterocycles. The summed E-state index contributed by atoms with van der Waals surface area (Å²) in [6, 6.07) is 6.42. The summed E-state index contributed by atoms with van der Waals surface area (Å²) in [4.78, 5) is 15.0. The number of rotatable bonds is 4. The van der Waals surface area contributed by atoms with Crippen molar-refractivity contribution < 1.29 is 37.6 Å². The molecule has 6 atom stereocenters. The normalized spacial score (nSPS) is 36.2. The maximum absolute atomic E-state index is 14.3. The van der Waals surface area contributed by atoms with Crippen molar-refractivity contribution in [2.45, 2.75) is 73.9 Å². The fourth-order valence-corrected chi connectivity index (χ4v) is 8.28. The van der Waals surface area contributed by atoms with E-state index in [0.29, 0.717) is 44.0 Å². The zero-order valence-corrected chi connectivity index (χ0v) is 21.6. The molecule has 208 valence electrons. The van der Waals surface area contributed by atoms with Crippen LogP contribution in [-0.4, -0.2) is 69.6 Å². The Labute approximate surface area is 224 Å². The second-order valence-corrected chi connectivity index (χ2v) is 12.3. The van der Waals surface area contributed by atoms with Gasteiger partial charge in [0.2, 0.25) is 0 Å². The molecule has 2 saturated carbocycles. The number of phenols is 1. The van der Waals surface area contributed by atoms with Crippen LogP contribution in [0.25, 0.3) is 0 Å². The first-order chi connectivity index (χ1) is 18.4. The number of benzene rings is 2. The Morgan fingerprint density at radius 1 is 1.15 bits per heavy atom. The van der Waals surface area contributed by atoms with Gasteiger partial charge in [-0.1, -0.05) is 6.07 Å². The van der Waals surface area contributed by atoms with E-state index in [9.17, 15) is 33.4 Å². The molecule has 0 radical (unpaired) electrons. The summed E-state index contributed by atoms with van der Waals surface area (Å²) in [5.41, 5.74) is -1.40. The lowest BCUT2D eigenvalue weighted by Gasteiger charge is -2.68. The maximum Gasteiger partial charge on any atom is 0.416 e. The summed E-state index contributed by atoms with van der Waals surface area (Å²) in [5.74, 6) is 0.201. The van der Waals surface area contributed by atoms with Crippen molar-refractivity contribution in [3.8, 4) is 11.5 Å². The Hall–Kier alpha value is -2.82. The highest BCUT2D eigenvalue weighted by atomic mass is 19.4. The molecule has 2 unspecified atom stereocenters. The number of hydroxylamine groups is 3. The van der Waals surface area contributed by atoms with Crippen molar-refractivity contribution in [1.82, 2.24) is 4.90 Å². The lowest BCUT2D eigenvalue weighted by Crippen LogP contribution is -2.81. The average molecular weight is 545 g/mol. The van der Waals surface area contributed by atoms with E-state index in [2.05, 4.69) is 0 Å². The Kier molecular flexibility index (Phi) is 5.09. The molecule has 5 aliphatic rings. The second kappa shape index (κ2) is 7.89. The van der Waals surface area contributed by atoms with Gasteiger partial charge in [0.25, 0.3) is 5.91 Å². The van der Waals surface area contributed by atoms with Crippen LogP contribution in [0.15, 0.2) is 36.4 Å². The fourth-order valence-electron chi connectivity index (χ4n) is 8.28. The topological polar surface area (TPSA) is 93.1 Å². The maximum atomic E-state index is 14.3. The summed E-state index contributed by atoms with van der Waals surface area (Å²) >= 11 is 0. The molecule has 39 heavy (non-hydrogen) atoms. The minimum Gasteiger partial charge on any atom is -0.632 e. The number of alkyl halides is 3. The van der Waals surface area contributed by atoms with E-state index in [1.165, 1.54) is 17.0 Å². The van der Waals surface area contributed by atoms with Crippen LogP contribution in [0, 0.1) is 11.1 Å². The Bertz CT molecular complexity index is 1360. The average Bonchev–Trinajstić information content (AvgIpc) is 3.62. The van der Waals surface area contributed by atoms with E-state index < -0.39 is 51.5 Å². The van der Waals surface area contributed by atoms with Crippen LogP contribution in [-0.2, 0) is 18.0 Å². The number of hydrogen-bond donors (Lipinski definition) is 2. The molecule has 2 N–H and O–H groups in total. The summed E-state index contributed by atoms with van der Waals surface area (Å²) < 4.78 is 45.2. The Morgan fingerprint density at radius 3 is 2.54 bits per heavy atom. The smallest absolute Gasteiger partial charge is 0.416 e. The molecule has 10 heteroatoms. The molecule has 7 rings (SSSR count). The molecule has 1 amide bonds. The molecule has 1 saturated heterocycles. The van der Waals surface area contributed by atoms with Crippen molar-refractivity contribution in [3.63, 3.8) is 0 Å². The van der Waals surface area contributed by atoms with E-state index >= 15 is 0 Å². The minimum atomic E-state index is -4.50. The van der Waals surface area contributed by atoms with Crippen LogP contribution in [0.3, 0.4) is 0 Å². The fraction of sp³-hybridized carbons (Fsp3) is 0.552. The van der Waals surface area contributed by atoms with E-state index in [-0.39, 0.29) is 17.7 Å². The van der Waals surface area contributed by atoms with Crippen LogP contribution in [0.4, 0.5) is 13.2 Å². The molecule has 3 fully saturated rings. The monoisotopic (exact) mass is 544 g/mol. The lowest BCUT2D eigenvalue weighted by molar-refractivity contribution is -0.924. The van der Waals surface area contributed by atoms with Crippen molar-refractivity contribution in [2.75, 3.05) is 20.1 Å². The highest BCUT2D eigenvalue weighted by Crippen LogP contribution is 2.67. The number of ether oxygens (including phenoxy) is 1. The summed E-state index contributed by atoms with van der Waals surface area (Å²) in [6.07, 6.45) is -1.73. The number of piperidine rings is 1. The van der Waals surface area contributed by atoms with Gasteiger partial charge >= 0.3 is 6.18 Å². The lowest BCUT2D eigenvalue weighted by atomic mass is 9.48. The van der Waals surface area contributed by atoms with Gasteiger partial charge < -0.3 is 29.7 Å². The van der Waals surface area contributed by atoms with Gasteiger partial charge in [0.05, 0.1) is 30.1 Å². The van der Waals surface area contributed by atoms with Crippen LogP contribution >= 0.6 is 0 Å². The van der Waals surface area contributed by atoms with Crippen LogP contribution in [0.1, 0.15) is 59.2 Å². The Balaban J connectivity index is 1.28. The minimum absolute atomic E-state index is 0.0415. The predicted octanol–water partition coefficient (Wildman–Crippen LogP) is 4.13. The molecular formula is C29H31F3N2O5. The zero-order valence-electron chi connectivity index (χ0n) is 21.6. The van der Waals surface area contributed by atoms with Crippen molar-refractivity contribution in [1.29, 1.82) is 0 Å². The third-order valence-electron chi connectivity index (χ3n) is 10.3. The number of halogens is 3. The first-order valence-corrected chi connectivity index (χ1v) is 13.7. The van der Waals surface area contributed by atoms with Gasteiger partial charge in [-0.05, 0) is 61.6 Å². The molecule has 2 bridgehead atoms. The molecule has 1 spiro atoms. The van der Waals surface area contributed by atoms with Crippen LogP contribution in [0.5, 0.6) is 11.5 Å². The number of likely N-dealkylation sites (tertiary alicyclic amines) is 1. The number of likely N-dealkylation sites (N-methyl/N-ethyl adjacent to an activating group) is 1. The van der Waals surface area contributed by atoms with Crippen molar-refractivity contribution in [2.24, 2.45) is 5.92 Å². The van der Waals surface area contributed by atoms with Gasteiger partial charge in [0.15, 0.2) is 11.5 Å². The first kappa shape index (κ1) is 25.2. The van der Waals surface area contributed by atoms with Crippen LogP contribution < -0.4 is 4.74 Å². The van der Waals surface area contributed by atoms with Crippen LogP contribution in [0.2, 0.25) is 0 Å². The van der Waals surface area contributed by atoms with Crippen molar-refractivity contribution >= 4 is 5.91 Å². The SMILES string of the molecule is CN(C(=O)c1ccc(C(F)(F)F)cc1)[C@H]1CC[C@@]2(O)[C@H]3Cc4ccc(O)c5c4C2(CC[N+]3([O-])CC2CC2)[C@H]1O5. The number of nitrogens with zero attached hydrogens (tertiary/aromatic N) is 2. The van der Waals surface area contributed by atoms with Gasteiger partial charge in [-0.3, -0.25) is 4.79 Å². The number of hydrogen-bond acceptors (Lipinski definition) is 5. The first-order valence-electron chi connectivity index (χ1n) is 13.7. The number of aromatic hydroxyl groups is 1. The van der Waals surface area contributed by atoms with E-state index in [0.717, 1.165) is 36.1 Å². The molecular weight excluding hydrogens is 513 g/mol. The standard InChI is InChI=1S/C29H31F3N2O5/c1-33(26(36)17-4-7-19(8-5-17)29(30,31)32)20-10-11-28(37)22-14-18-6-9-21(35)24-23(18)27(28,25(20)39-24)12-13-34(22,38)15-16-2-3-16/h4-9,16,20,22,25,35,37H,2-3,10-15H2,1H3/t20-,22+,25-,27?,28+,34?/m0/s1. The number of quaternary nitrogens is 1. The molecule has 3 aliphatic carbocycles. The third-order valence-corrected chi connectivity index (χ3v) is 10.3. The molecule has 7 nitrogen and oxygen atoms in total. The van der Waals surface area contributed by atoms with Crippen molar-refractivity contribution in [3.05, 3.63) is 63.9 Å². The molecule has 2 aromatic rings. The largest absolute Gasteiger partial charge is 0.632 e. The number of carbonyl (C=O) groups excluding carboxylic acids is 1. The highest BCUT2D eigenvalue weighted by Gasteiger charge is 2.76. The van der Waals surface area contributed by atoms with Gasteiger partial charge in [0, 0.05) is 36.9 Å². The quantitative estimate of drug-likeness (QED) is 0.446. The summed E-state index contributed by atoms with van der Waals surface area (Å²) in [6.45, 7) is 0.811. The predicted molar refractivity (Wildman–Crippen MR) is 134 cm³/mol. The van der Waals surface area contributed by atoms with E-state index in [4.69, 9.17) is 4.74 Å². The Morgan fingerprint density at radius 2 is 1.87 bits per heavy atom. The number of phenolic OH excluding ortho intramolecular Hbond substituents is 1. The number of amides is 1. The van der Waals surface area contributed by atoms with Gasteiger partial charge in [-0.25, -0.2) is 0 Å². The third kappa shape index (κ3) is 3.31. The van der Waals surface area contributed by atoms with E-state index in [1.54, 1.807) is 13.1 Å². The highest BCUT2D eigenvalue weighted by molar-refractivity contribution is 5.94. The zero-order chi connectivity index (χ0) is 27.5.